The van der Waals surface area contributed by atoms with E-state index in [4.69, 9.17) is 0 Å². The molecule has 3 rings (SSSR count). The Hall–Kier alpha value is -2.69. The molecule has 1 aliphatic rings. The molecule has 0 bridgehead atoms. The van der Waals surface area contributed by atoms with Gasteiger partial charge in [-0.3, -0.25) is 9.59 Å². The molecule has 0 spiro atoms. The summed E-state index contributed by atoms with van der Waals surface area (Å²) < 4.78 is 12.9. The summed E-state index contributed by atoms with van der Waals surface area (Å²) in [7, 11) is 0. The molecule has 0 unspecified atom stereocenters. The van der Waals surface area contributed by atoms with Crippen LogP contribution in [0.5, 0.6) is 0 Å². The van der Waals surface area contributed by atoms with Gasteiger partial charge in [0.2, 0.25) is 5.91 Å². The van der Waals surface area contributed by atoms with Gasteiger partial charge >= 0.3 is 0 Å². The molecule has 2 aromatic rings. The zero-order valence-electron chi connectivity index (χ0n) is 14.0. The summed E-state index contributed by atoms with van der Waals surface area (Å²) in [5, 5.41) is 2.81. The Balaban J connectivity index is 1.70. The number of para-hydroxylation sites is 1. The van der Waals surface area contributed by atoms with Crippen LogP contribution < -0.4 is 5.32 Å². The van der Waals surface area contributed by atoms with Crippen molar-refractivity contribution in [2.45, 2.75) is 25.7 Å². The Morgan fingerprint density at radius 3 is 2.36 bits per heavy atom. The van der Waals surface area contributed by atoms with Gasteiger partial charge in [-0.15, -0.1) is 0 Å². The fourth-order valence-electron chi connectivity index (χ4n) is 3.03. The van der Waals surface area contributed by atoms with Crippen LogP contribution >= 0.6 is 0 Å². The normalized spacial score (nSPS) is 14.2. The summed E-state index contributed by atoms with van der Waals surface area (Å²) in [4.78, 5) is 26.9. The topological polar surface area (TPSA) is 49.4 Å². The molecule has 0 aliphatic carbocycles. The zero-order chi connectivity index (χ0) is 17.6. The molecular weight excluding hydrogens is 319 g/mol. The lowest BCUT2D eigenvalue weighted by Crippen LogP contribution is -2.36. The largest absolute Gasteiger partial charge is 0.339 e. The fraction of sp³-hybridized carbons (Fsp3) is 0.300. The quantitative estimate of drug-likeness (QED) is 0.924. The number of carbonyl (C=O) groups excluding carboxylic acids is 2. The van der Waals surface area contributed by atoms with E-state index in [1.54, 1.807) is 36.4 Å². The highest BCUT2D eigenvalue weighted by Gasteiger charge is 2.21. The second kappa shape index (κ2) is 7.92. The Kier molecular flexibility index (Phi) is 5.43. The van der Waals surface area contributed by atoms with Gasteiger partial charge in [0.1, 0.15) is 5.82 Å². The van der Waals surface area contributed by atoms with Crippen LogP contribution in [0.1, 0.15) is 35.2 Å². The van der Waals surface area contributed by atoms with Gasteiger partial charge < -0.3 is 10.2 Å². The van der Waals surface area contributed by atoms with Gasteiger partial charge in [-0.25, -0.2) is 4.39 Å². The monoisotopic (exact) mass is 340 g/mol. The minimum atomic E-state index is -0.332. The van der Waals surface area contributed by atoms with E-state index in [0.717, 1.165) is 37.9 Å². The van der Waals surface area contributed by atoms with Gasteiger partial charge in [0.15, 0.2) is 0 Å². The van der Waals surface area contributed by atoms with Crippen molar-refractivity contribution in [3.05, 3.63) is 65.5 Å². The smallest absolute Gasteiger partial charge is 0.255 e. The van der Waals surface area contributed by atoms with Crippen LogP contribution in [0, 0.1) is 5.82 Å². The number of hydrogen-bond acceptors (Lipinski definition) is 2. The number of carbonyl (C=O) groups is 2. The second-order valence-electron chi connectivity index (χ2n) is 6.25. The first-order valence-electron chi connectivity index (χ1n) is 8.56. The summed E-state index contributed by atoms with van der Waals surface area (Å²) in [6, 6.07) is 12.9. The van der Waals surface area contributed by atoms with Crippen LogP contribution in [0.4, 0.5) is 10.1 Å². The number of benzene rings is 2. The number of nitrogens with zero attached hydrogens (tertiary/aromatic N) is 1. The lowest BCUT2D eigenvalue weighted by atomic mass is 10.1. The number of anilines is 1. The van der Waals surface area contributed by atoms with Crippen LogP contribution in [0.25, 0.3) is 0 Å². The van der Waals surface area contributed by atoms with Crippen molar-refractivity contribution >= 4 is 17.5 Å². The lowest BCUT2D eigenvalue weighted by Gasteiger charge is -2.27. The number of hydrogen-bond donors (Lipinski definition) is 1. The molecule has 0 saturated carbocycles. The van der Waals surface area contributed by atoms with Crippen LogP contribution in [0.15, 0.2) is 48.5 Å². The number of piperidine rings is 1. The molecule has 0 aromatic heterocycles. The molecular formula is C20H21FN2O2. The summed E-state index contributed by atoms with van der Waals surface area (Å²) in [6.45, 7) is 1.52. The third-order valence-corrected chi connectivity index (χ3v) is 4.35. The highest BCUT2D eigenvalue weighted by molar-refractivity contribution is 6.04. The first-order valence-corrected chi connectivity index (χ1v) is 8.56. The highest BCUT2D eigenvalue weighted by atomic mass is 19.1. The number of likely N-dealkylation sites (tertiary alicyclic amines) is 1. The summed E-state index contributed by atoms with van der Waals surface area (Å²) >= 11 is 0. The summed E-state index contributed by atoms with van der Waals surface area (Å²) in [5.74, 6) is -0.607. The van der Waals surface area contributed by atoms with E-state index >= 15 is 0 Å². The Morgan fingerprint density at radius 1 is 0.960 bits per heavy atom. The fourth-order valence-corrected chi connectivity index (χ4v) is 3.03. The predicted molar refractivity (Wildman–Crippen MR) is 94.9 cm³/mol. The molecule has 1 fully saturated rings. The lowest BCUT2D eigenvalue weighted by molar-refractivity contribution is -0.115. The minimum Gasteiger partial charge on any atom is -0.339 e. The Bertz CT molecular complexity index is 753. The molecule has 4 nitrogen and oxygen atoms in total. The van der Waals surface area contributed by atoms with E-state index in [2.05, 4.69) is 5.32 Å². The van der Waals surface area contributed by atoms with Crippen molar-refractivity contribution in [2.24, 2.45) is 0 Å². The summed E-state index contributed by atoms with van der Waals surface area (Å²) in [5.41, 5.74) is 1.75. The van der Waals surface area contributed by atoms with Crippen molar-refractivity contribution in [3.63, 3.8) is 0 Å². The maximum atomic E-state index is 12.9. The molecule has 1 N–H and O–H groups in total. The summed E-state index contributed by atoms with van der Waals surface area (Å²) in [6.07, 6.45) is 3.32. The third-order valence-electron chi connectivity index (χ3n) is 4.35. The minimum absolute atomic E-state index is 0.0441. The van der Waals surface area contributed by atoms with Crippen molar-refractivity contribution < 1.29 is 14.0 Å². The molecule has 1 saturated heterocycles. The van der Waals surface area contributed by atoms with Gasteiger partial charge in [0.05, 0.1) is 17.7 Å². The average molecular weight is 340 g/mol. The number of amides is 2. The van der Waals surface area contributed by atoms with Crippen LogP contribution in [0.2, 0.25) is 0 Å². The molecule has 2 amide bonds. The van der Waals surface area contributed by atoms with Crippen molar-refractivity contribution in [1.82, 2.24) is 4.90 Å². The highest BCUT2D eigenvalue weighted by Crippen LogP contribution is 2.20. The molecule has 5 heteroatoms. The van der Waals surface area contributed by atoms with Crippen LogP contribution in [-0.4, -0.2) is 29.8 Å². The van der Waals surface area contributed by atoms with E-state index in [1.165, 1.54) is 12.1 Å². The molecule has 1 aliphatic heterocycles. The molecule has 25 heavy (non-hydrogen) atoms. The van der Waals surface area contributed by atoms with Crippen LogP contribution in [-0.2, 0) is 11.2 Å². The maximum Gasteiger partial charge on any atom is 0.255 e. The van der Waals surface area contributed by atoms with Gasteiger partial charge in [0, 0.05) is 13.1 Å². The Labute approximate surface area is 146 Å². The molecule has 130 valence electrons. The SMILES string of the molecule is O=C(Cc1ccc(F)cc1)Nc1ccccc1C(=O)N1CCCCC1. The van der Waals surface area contributed by atoms with Gasteiger partial charge in [0.25, 0.3) is 5.91 Å². The van der Waals surface area contributed by atoms with Crippen molar-refractivity contribution in [2.75, 3.05) is 18.4 Å². The van der Waals surface area contributed by atoms with E-state index in [-0.39, 0.29) is 24.1 Å². The molecule has 0 radical (unpaired) electrons. The molecule has 0 atom stereocenters. The number of nitrogens with one attached hydrogen (secondary N) is 1. The average Bonchev–Trinajstić information content (AvgIpc) is 2.64. The van der Waals surface area contributed by atoms with Crippen LogP contribution in [0.3, 0.4) is 0 Å². The first kappa shape index (κ1) is 17.1. The first-order chi connectivity index (χ1) is 12.1. The Morgan fingerprint density at radius 2 is 1.64 bits per heavy atom. The van der Waals surface area contributed by atoms with Crippen molar-refractivity contribution in [1.29, 1.82) is 0 Å². The predicted octanol–water partition coefficient (Wildman–Crippen LogP) is 3.63. The van der Waals surface area contributed by atoms with Crippen molar-refractivity contribution in [3.8, 4) is 0 Å². The van der Waals surface area contributed by atoms with E-state index < -0.39 is 0 Å². The van der Waals surface area contributed by atoms with E-state index in [9.17, 15) is 14.0 Å². The van der Waals surface area contributed by atoms with Gasteiger partial charge in [-0.2, -0.15) is 0 Å². The number of halogens is 1. The van der Waals surface area contributed by atoms with Gasteiger partial charge in [-0.05, 0) is 49.1 Å². The third kappa shape index (κ3) is 4.44. The van der Waals surface area contributed by atoms with E-state index in [1.807, 2.05) is 4.90 Å². The zero-order valence-corrected chi connectivity index (χ0v) is 14.0. The maximum absolute atomic E-state index is 12.9. The van der Waals surface area contributed by atoms with E-state index in [0.29, 0.717) is 11.3 Å². The standard InChI is InChI=1S/C20H21FN2O2/c21-16-10-8-15(9-11-16)14-19(24)22-18-7-3-2-6-17(18)20(25)23-12-4-1-5-13-23/h2-3,6-11H,1,4-5,12-14H2,(H,22,24). The molecule has 1 heterocycles. The molecule has 2 aromatic carbocycles. The second-order valence-corrected chi connectivity index (χ2v) is 6.25. The van der Waals surface area contributed by atoms with Gasteiger partial charge in [-0.1, -0.05) is 24.3 Å². The number of rotatable bonds is 4.